The zero-order valence-electron chi connectivity index (χ0n) is 10.2. The van der Waals surface area contributed by atoms with Crippen molar-refractivity contribution >= 4 is 0 Å². The van der Waals surface area contributed by atoms with Gasteiger partial charge in [-0.1, -0.05) is 12.1 Å². The van der Waals surface area contributed by atoms with Crippen LogP contribution in [0.5, 0.6) is 0 Å². The highest BCUT2D eigenvalue weighted by atomic mass is 19.1. The molecule has 0 amide bonds. The first-order valence-corrected chi connectivity index (χ1v) is 5.82. The molecule has 1 aromatic carbocycles. The summed E-state index contributed by atoms with van der Waals surface area (Å²) in [5, 5.41) is 0. The fourth-order valence-corrected chi connectivity index (χ4v) is 1.96. The standard InChI is InChI=1S/C14H16FN3/c1-10-6-7-17-9-13(10)14(18-16)8-11-2-4-12(15)5-3-11/h2-7,9,14,18H,8,16H2,1H3. The predicted molar refractivity (Wildman–Crippen MR) is 69.1 cm³/mol. The molecule has 0 radical (unpaired) electrons. The van der Waals surface area contributed by atoms with Crippen molar-refractivity contribution < 1.29 is 4.39 Å². The minimum atomic E-state index is -0.228. The molecule has 0 saturated carbocycles. The molecule has 3 nitrogen and oxygen atoms in total. The van der Waals surface area contributed by atoms with Gasteiger partial charge in [-0.05, 0) is 48.2 Å². The first kappa shape index (κ1) is 12.7. The van der Waals surface area contributed by atoms with Gasteiger partial charge in [0.25, 0.3) is 0 Å². The number of aryl methyl sites for hydroxylation is 1. The van der Waals surface area contributed by atoms with Crippen LogP contribution in [0.2, 0.25) is 0 Å². The van der Waals surface area contributed by atoms with Crippen molar-refractivity contribution in [2.45, 2.75) is 19.4 Å². The number of hydrazine groups is 1. The minimum absolute atomic E-state index is 0.0239. The van der Waals surface area contributed by atoms with E-state index in [2.05, 4.69) is 10.4 Å². The van der Waals surface area contributed by atoms with Gasteiger partial charge in [-0.2, -0.15) is 0 Å². The summed E-state index contributed by atoms with van der Waals surface area (Å²) in [4.78, 5) is 4.11. The van der Waals surface area contributed by atoms with Crippen molar-refractivity contribution in [2.75, 3.05) is 0 Å². The maximum Gasteiger partial charge on any atom is 0.123 e. The molecule has 1 atom stereocenters. The van der Waals surface area contributed by atoms with E-state index in [1.165, 1.54) is 12.1 Å². The summed E-state index contributed by atoms with van der Waals surface area (Å²) < 4.78 is 12.8. The van der Waals surface area contributed by atoms with Gasteiger partial charge in [-0.25, -0.2) is 4.39 Å². The molecule has 94 valence electrons. The van der Waals surface area contributed by atoms with E-state index in [0.29, 0.717) is 6.42 Å². The molecule has 1 unspecified atom stereocenters. The maximum atomic E-state index is 12.8. The normalized spacial score (nSPS) is 12.4. The molecular weight excluding hydrogens is 229 g/mol. The lowest BCUT2D eigenvalue weighted by atomic mass is 9.97. The van der Waals surface area contributed by atoms with Gasteiger partial charge in [0.15, 0.2) is 0 Å². The summed E-state index contributed by atoms with van der Waals surface area (Å²) in [6.07, 6.45) is 4.26. The smallest absolute Gasteiger partial charge is 0.123 e. The highest BCUT2D eigenvalue weighted by Crippen LogP contribution is 2.20. The Balaban J connectivity index is 2.20. The highest BCUT2D eigenvalue weighted by molar-refractivity contribution is 5.27. The fourth-order valence-electron chi connectivity index (χ4n) is 1.96. The van der Waals surface area contributed by atoms with Crippen LogP contribution < -0.4 is 11.3 Å². The summed E-state index contributed by atoms with van der Waals surface area (Å²) in [6.45, 7) is 2.02. The van der Waals surface area contributed by atoms with Crippen LogP contribution in [0.25, 0.3) is 0 Å². The topological polar surface area (TPSA) is 50.9 Å². The van der Waals surface area contributed by atoms with E-state index in [1.807, 2.05) is 19.2 Å². The van der Waals surface area contributed by atoms with Crippen LogP contribution in [0.4, 0.5) is 4.39 Å². The van der Waals surface area contributed by atoms with E-state index in [4.69, 9.17) is 5.84 Å². The molecule has 3 N–H and O–H groups in total. The Morgan fingerprint density at radius 2 is 2.00 bits per heavy atom. The number of halogens is 1. The number of hydrogen-bond donors (Lipinski definition) is 2. The minimum Gasteiger partial charge on any atom is -0.271 e. The second kappa shape index (κ2) is 5.71. The molecule has 0 aliphatic carbocycles. The average Bonchev–Trinajstić information content (AvgIpc) is 2.39. The molecule has 2 rings (SSSR count). The fraction of sp³-hybridized carbons (Fsp3) is 0.214. The van der Waals surface area contributed by atoms with Crippen molar-refractivity contribution in [2.24, 2.45) is 5.84 Å². The molecule has 1 aromatic heterocycles. The molecule has 0 fully saturated rings. The van der Waals surface area contributed by atoms with Crippen LogP contribution in [0.15, 0.2) is 42.7 Å². The number of aromatic nitrogens is 1. The van der Waals surface area contributed by atoms with E-state index in [9.17, 15) is 4.39 Å². The van der Waals surface area contributed by atoms with Crippen LogP contribution in [0.3, 0.4) is 0 Å². The molecule has 4 heteroatoms. The van der Waals surface area contributed by atoms with E-state index in [-0.39, 0.29) is 11.9 Å². The van der Waals surface area contributed by atoms with Crippen molar-refractivity contribution in [3.63, 3.8) is 0 Å². The van der Waals surface area contributed by atoms with E-state index in [0.717, 1.165) is 16.7 Å². The van der Waals surface area contributed by atoms with Crippen LogP contribution in [-0.4, -0.2) is 4.98 Å². The molecule has 0 spiro atoms. The largest absolute Gasteiger partial charge is 0.271 e. The Morgan fingerprint density at radius 3 is 2.61 bits per heavy atom. The Hall–Kier alpha value is -1.78. The van der Waals surface area contributed by atoms with Crippen molar-refractivity contribution in [1.82, 2.24) is 10.4 Å². The third-order valence-corrected chi connectivity index (χ3v) is 3.01. The Bertz CT molecular complexity index is 511. The summed E-state index contributed by atoms with van der Waals surface area (Å²) in [5.41, 5.74) is 6.01. The van der Waals surface area contributed by atoms with Crippen LogP contribution in [-0.2, 0) is 6.42 Å². The first-order valence-electron chi connectivity index (χ1n) is 5.82. The number of nitrogens with one attached hydrogen (secondary N) is 1. The van der Waals surface area contributed by atoms with Gasteiger partial charge in [-0.15, -0.1) is 0 Å². The number of rotatable bonds is 4. The van der Waals surface area contributed by atoms with Gasteiger partial charge in [0.1, 0.15) is 5.82 Å². The molecule has 0 aliphatic rings. The lowest BCUT2D eigenvalue weighted by Gasteiger charge is -2.18. The summed E-state index contributed by atoms with van der Waals surface area (Å²) in [7, 11) is 0. The van der Waals surface area contributed by atoms with Crippen molar-refractivity contribution in [3.8, 4) is 0 Å². The number of nitrogens with zero attached hydrogens (tertiary/aromatic N) is 1. The maximum absolute atomic E-state index is 12.8. The number of benzene rings is 1. The second-order valence-corrected chi connectivity index (χ2v) is 4.28. The third kappa shape index (κ3) is 2.91. The van der Waals surface area contributed by atoms with Gasteiger partial charge >= 0.3 is 0 Å². The average molecular weight is 245 g/mol. The molecule has 0 saturated heterocycles. The molecule has 0 bridgehead atoms. The van der Waals surface area contributed by atoms with Gasteiger partial charge < -0.3 is 0 Å². The highest BCUT2D eigenvalue weighted by Gasteiger charge is 2.13. The number of nitrogens with two attached hydrogens (primary N) is 1. The third-order valence-electron chi connectivity index (χ3n) is 3.01. The molecule has 0 aliphatic heterocycles. The second-order valence-electron chi connectivity index (χ2n) is 4.28. The number of hydrogen-bond acceptors (Lipinski definition) is 3. The summed E-state index contributed by atoms with van der Waals surface area (Å²) in [5.74, 6) is 5.37. The Morgan fingerprint density at radius 1 is 1.28 bits per heavy atom. The van der Waals surface area contributed by atoms with E-state index >= 15 is 0 Å². The molecule has 2 aromatic rings. The van der Waals surface area contributed by atoms with Gasteiger partial charge in [0.2, 0.25) is 0 Å². The zero-order chi connectivity index (χ0) is 13.0. The van der Waals surface area contributed by atoms with Crippen LogP contribution in [0, 0.1) is 12.7 Å². The van der Waals surface area contributed by atoms with Gasteiger partial charge in [0.05, 0.1) is 6.04 Å². The van der Waals surface area contributed by atoms with Crippen molar-refractivity contribution in [1.29, 1.82) is 0 Å². The SMILES string of the molecule is Cc1ccncc1C(Cc1ccc(F)cc1)NN. The molecule has 18 heavy (non-hydrogen) atoms. The van der Waals surface area contributed by atoms with Gasteiger partial charge in [0, 0.05) is 12.4 Å². The summed E-state index contributed by atoms with van der Waals surface area (Å²) >= 11 is 0. The van der Waals surface area contributed by atoms with Crippen LogP contribution in [0.1, 0.15) is 22.7 Å². The van der Waals surface area contributed by atoms with E-state index in [1.54, 1.807) is 18.3 Å². The monoisotopic (exact) mass is 245 g/mol. The lowest BCUT2D eigenvalue weighted by Crippen LogP contribution is -2.30. The predicted octanol–water partition coefficient (Wildman–Crippen LogP) is 2.28. The van der Waals surface area contributed by atoms with Crippen LogP contribution >= 0.6 is 0 Å². The van der Waals surface area contributed by atoms with Crippen molar-refractivity contribution in [3.05, 3.63) is 65.2 Å². The lowest BCUT2D eigenvalue weighted by molar-refractivity contribution is 0.546. The van der Waals surface area contributed by atoms with E-state index < -0.39 is 0 Å². The molecular formula is C14H16FN3. The Labute approximate surface area is 106 Å². The summed E-state index contributed by atoms with van der Waals surface area (Å²) in [6, 6.07) is 8.38. The first-order chi connectivity index (χ1) is 8.70. The quantitative estimate of drug-likeness (QED) is 0.642. The Kier molecular flexibility index (Phi) is 4.02. The number of pyridine rings is 1. The van der Waals surface area contributed by atoms with Gasteiger partial charge in [-0.3, -0.25) is 16.3 Å². The zero-order valence-corrected chi connectivity index (χ0v) is 10.2. The molecule has 1 heterocycles.